The van der Waals surface area contributed by atoms with Gasteiger partial charge in [-0.2, -0.15) is 0 Å². The van der Waals surface area contributed by atoms with Crippen LogP contribution in [0.15, 0.2) is 42.5 Å². The molecule has 0 aliphatic heterocycles. The summed E-state index contributed by atoms with van der Waals surface area (Å²) in [6.07, 6.45) is 3.85. The average Bonchev–Trinajstić information content (AvgIpc) is 2.47. The van der Waals surface area contributed by atoms with Crippen molar-refractivity contribution >= 4 is 47.0 Å². The van der Waals surface area contributed by atoms with E-state index in [1.807, 2.05) is 42.5 Å². The molecule has 21 heavy (non-hydrogen) atoms. The zero-order valence-electron chi connectivity index (χ0n) is 11.3. The zero-order valence-corrected chi connectivity index (χ0v) is 13.5. The summed E-state index contributed by atoms with van der Waals surface area (Å²) < 4.78 is 0. The Morgan fingerprint density at radius 1 is 1.00 bits per heavy atom. The lowest BCUT2D eigenvalue weighted by molar-refractivity contribution is 0.199. The van der Waals surface area contributed by atoms with Crippen molar-refractivity contribution in [1.82, 2.24) is 0 Å². The second-order valence-corrected chi connectivity index (χ2v) is 5.85. The molecule has 2 rings (SSSR count). The SMILES string of the molecule is OC(CCl)Cc1cccc(C=Cc2c(Cl)cccc2Cl)c1. The Morgan fingerprint density at radius 3 is 2.33 bits per heavy atom. The standard InChI is InChI=1S/C17H15Cl3O/c18-11-14(21)10-13-4-1-3-12(9-13)7-8-15-16(19)5-2-6-17(15)20/h1-9,14,21H,10-11H2. The molecular formula is C17H15Cl3O. The van der Waals surface area contributed by atoms with E-state index in [2.05, 4.69) is 0 Å². The van der Waals surface area contributed by atoms with E-state index >= 15 is 0 Å². The van der Waals surface area contributed by atoms with Crippen LogP contribution in [0, 0.1) is 0 Å². The Morgan fingerprint density at radius 2 is 1.67 bits per heavy atom. The van der Waals surface area contributed by atoms with E-state index < -0.39 is 6.10 Å². The third-order valence-corrected chi connectivity index (χ3v) is 4.06. The summed E-state index contributed by atoms with van der Waals surface area (Å²) in [5.41, 5.74) is 2.85. The number of benzene rings is 2. The first kappa shape index (κ1) is 16.4. The van der Waals surface area contributed by atoms with Crippen molar-refractivity contribution in [3.63, 3.8) is 0 Å². The van der Waals surface area contributed by atoms with Crippen molar-refractivity contribution in [2.24, 2.45) is 0 Å². The van der Waals surface area contributed by atoms with Crippen LogP contribution < -0.4 is 0 Å². The third-order valence-electron chi connectivity index (χ3n) is 3.04. The highest BCUT2D eigenvalue weighted by molar-refractivity contribution is 6.37. The van der Waals surface area contributed by atoms with Crippen LogP contribution in [-0.4, -0.2) is 17.1 Å². The summed E-state index contributed by atoms with van der Waals surface area (Å²) in [5.74, 6) is 0.231. The van der Waals surface area contributed by atoms with E-state index in [4.69, 9.17) is 34.8 Å². The van der Waals surface area contributed by atoms with Gasteiger partial charge < -0.3 is 5.11 Å². The van der Waals surface area contributed by atoms with Crippen molar-refractivity contribution in [3.05, 3.63) is 69.2 Å². The van der Waals surface area contributed by atoms with Crippen LogP contribution in [0.25, 0.3) is 12.2 Å². The Balaban J connectivity index is 2.19. The number of hydrogen-bond acceptors (Lipinski definition) is 1. The van der Waals surface area contributed by atoms with Crippen LogP contribution >= 0.6 is 34.8 Å². The molecule has 4 heteroatoms. The number of alkyl halides is 1. The second kappa shape index (κ2) is 7.86. The molecule has 110 valence electrons. The summed E-state index contributed by atoms with van der Waals surface area (Å²) >= 11 is 17.9. The normalized spacial score (nSPS) is 12.8. The van der Waals surface area contributed by atoms with Crippen LogP contribution in [0.2, 0.25) is 10.0 Å². The largest absolute Gasteiger partial charge is 0.392 e. The maximum Gasteiger partial charge on any atom is 0.0715 e. The fourth-order valence-electron chi connectivity index (χ4n) is 2.00. The van der Waals surface area contributed by atoms with Gasteiger partial charge in [0.25, 0.3) is 0 Å². The summed E-state index contributed by atoms with van der Waals surface area (Å²) in [5, 5.41) is 10.8. The summed E-state index contributed by atoms with van der Waals surface area (Å²) in [6, 6.07) is 13.3. The predicted molar refractivity (Wildman–Crippen MR) is 92.3 cm³/mol. The molecular weight excluding hydrogens is 327 g/mol. The van der Waals surface area contributed by atoms with Crippen LogP contribution in [-0.2, 0) is 6.42 Å². The molecule has 0 saturated carbocycles. The molecule has 0 amide bonds. The fourth-order valence-corrected chi connectivity index (χ4v) is 2.63. The molecule has 0 aromatic heterocycles. The highest BCUT2D eigenvalue weighted by Gasteiger charge is 2.04. The molecule has 1 unspecified atom stereocenters. The highest BCUT2D eigenvalue weighted by atomic mass is 35.5. The van der Waals surface area contributed by atoms with E-state index in [9.17, 15) is 5.11 Å². The van der Waals surface area contributed by atoms with Crippen LogP contribution in [0.3, 0.4) is 0 Å². The molecule has 0 aliphatic rings. The maximum absolute atomic E-state index is 9.60. The molecule has 0 bridgehead atoms. The summed E-state index contributed by atoms with van der Waals surface area (Å²) in [4.78, 5) is 0. The monoisotopic (exact) mass is 340 g/mol. The van der Waals surface area contributed by atoms with Crippen molar-refractivity contribution < 1.29 is 5.11 Å². The van der Waals surface area contributed by atoms with Crippen molar-refractivity contribution in [2.75, 3.05) is 5.88 Å². The minimum atomic E-state index is -0.524. The van der Waals surface area contributed by atoms with Gasteiger partial charge >= 0.3 is 0 Å². The maximum atomic E-state index is 9.60. The minimum Gasteiger partial charge on any atom is -0.392 e. The minimum absolute atomic E-state index is 0.231. The van der Waals surface area contributed by atoms with Gasteiger partial charge in [0.15, 0.2) is 0 Å². The predicted octanol–water partition coefficient (Wildman–Crippen LogP) is 5.31. The van der Waals surface area contributed by atoms with Crippen LogP contribution in [0.4, 0.5) is 0 Å². The van der Waals surface area contributed by atoms with Gasteiger partial charge in [-0.05, 0) is 29.7 Å². The number of aliphatic hydroxyl groups excluding tert-OH is 1. The van der Waals surface area contributed by atoms with E-state index in [0.29, 0.717) is 16.5 Å². The van der Waals surface area contributed by atoms with Gasteiger partial charge in [-0.15, -0.1) is 11.6 Å². The molecule has 0 saturated heterocycles. The molecule has 1 nitrogen and oxygen atoms in total. The molecule has 0 radical (unpaired) electrons. The van der Waals surface area contributed by atoms with Gasteiger partial charge in [-0.25, -0.2) is 0 Å². The topological polar surface area (TPSA) is 20.2 Å². The molecule has 0 spiro atoms. The third kappa shape index (κ3) is 4.76. The van der Waals surface area contributed by atoms with Gasteiger partial charge in [0.1, 0.15) is 0 Å². The van der Waals surface area contributed by atoms with Gasteiger partial charge in [0.05, 0.1) is 6.10 Å². The lowest BCUT2D eigenvalue weighted by atomic mass is 10.0. The molecule has 0 fully saturated rings. The summed E-state index contributed by atoms with van der Waals surface area (Å²) in [7, 11) is 0. The smallest absolute Gasteiger partial charge is 0.0715 e. The van der Waals surface area contributed by atoms with Crippen LogP contribution in [0.1, 0.15) is 16.7 Å². The summed E-state index contributed by atoms with van der Waals surface area (Å²) in [6.45, 7) is 0. The van der Waals surface area contributed by atoms with E-state index in [-0.39, 0.29) is 5.88 Å². The van der Waals surface area contributed by atoms with Gasteiger partial charge in [-0.3, -0.25) is 0 Å². The van der Waals surface area contributed by atoms with Crippen molar-refractivity contribution in [3.8, 4) is 0 Å². The second-order valence-electron chi connectivity index (χ2n) is 4.73. The zero-order chi connectivity index (χ0) is 15.2. The molecule has 0 aliphatic carbocycles. The Hall–Kier alpha value is -0.990. The quantitative estimate of drug-likeness (QED) is 0.577. The Labute approximate surface area is 139 Å². The van der Waals surface area contributed by atoms with Crippen molar-refractivity contribution in [2.45, 2.75) is 12.5 Å². The highest BCUT2D eigenvalue weighted by Crippen LogP contribution is 2.26. The van der Waals surface area contributed by atoms with Gasteiger partial charge in [0, 0.05) is 21.5 Å². The first-order valence-electron chi connectivity index (χ1n) is 6.55. The number of aliphatic hydroxyl groups is 1. The van der Waals surface area contributed by atoms with E-state index in [0.717, 1.165) is 16.7 Å². The molecule has 0 heterocycles. The molecule has 2 aromatic carbocycles. The van der Waals surface area contributed by atoms with E-state index in [1.54, 1.807) is 12.1 Å². The van der Waals surface area contributed by atoms with Crippen molar-refractivity contribution in [1.29, 1.82) is 0 Å². The van der Waals surface area contributed by atoms with Gasteiger partial charge in [0.2, 0.25) is 0 Å². The van der Waals surface area contributed by atoms with Crippen LogP contribution in [0.5, 0.6) is 0 Å². The molecule has 1 N–H and O–H groups in total. The lowest BCUT2D eigenvalue weighted by Crippen LogP contribution is -2.11. The average molecular weight is 342 g/mol. The number of hydrogen-bond donors (Lipinski definition) is 1. The first-order valence-corrected chi connectivity index (χ1v) is 7.84. The van der Waals surface area contributed by atoms with Gasteiger partial charge in [-0.1, -0.05) is 65.7 Å². The Bertz CT molecular complexity index is 617. The first-order chi connectivity index (χ1) is 10.1. The number of halogens is 3. The molecule has 1 atom stereocenters. The van der Waals surface area contributed by atoms with E-state index in [1.165, 1.54) is 0 Å². The Kier molecular flexibility index (Phi) is 6.13. The fraction of sp³-hybridized carbons (Fsp3) is 0.176. The number of rotatable bonds is 5. The lowest BCUT2D eigenvalue weighted by Gasteiger charge is -2.07. The molecule has 2 aromatic rings.